The van der Waals surface area contributed by atoms with E-state index in [0.29, 0.717) is 50.0 Å². The van der Waals surface area contributed by atoms with Crippen molar-refractivity contribution in [2.24, 2.45) is 4.99 Å². The molecule has 1 N–H and O–H groups in total. The van der Waals surface area contributed by atoms with E-state index in [1.807, 2.05) is 31.2 Å². The van der Waals surface area contributed by atoms with Crippen LogP contribution in [0.2, 0.25) is 0 Å². The fraction of sp³-hybridized carbons (Fsp3) is 0.429. The lowest BCUT2D eigenvalue weighted by Gasteiger charge is -2.36. The Bertz CT molecular complexity index is 820. The number of amides is 1. The summed E-state index contributed by atoms with van der Waals surface area (Å²) >= 11 is 0. The van der Waals surface area contributed by atoms with E-state index < -0.39 is 0 Å². The molecule has 1 aliphatic heterocycles. The van der Waals surface area contributed by atoms with Gasteiger partial charge in [0.05, 0.1) is 19.9 Å². The Kier molecular flexibility index (Phi) is 9.28. The first-order valence-electron chi connectivity index (χ1n) is 9.70. The monoisotopic (exact) mass is 528 g/mol. The van der Waals surface area contributed by atoms with Gasteiger partial charge in [0.1, 0.15) is 6.10 Å². The third-order valence-electron chi connectivity index (χ3n) is 4.76. The van der Waals surface area contributed by atoms with E-state index in [4.69, 9.17) is 13.9 Å². The fourth-order valence-electron chi connectivity index (χ4n) is 3.22. The molecular weight excluding hydrogens is 499 g/mol. The Balaban J connectivity index is 0.00000320. The highest BCUT2D eigenvalue weighted by atomic mass is 127. The molecule has 0 saturated carbocycles. The van der Waals surface area contributed by atoms with Gasteiger partial charge < -0.3 is 29.0 Å². The molecule has 2 heterocycles. The van der Waals surface area contributed by atoms with E-state index >= 15 is 0 Å². The minimum Gasteiger partial charge on any atom is -0.493 e. The number of methoxy groups -OCH3 is 1. The van der Waals surface area contributed by atoms with Gasteiger partial charge in [-0.2, -0.15) is 0 Å². The van der Waals surface area contributed by atoms with Crippen LogP contribution in [0.5, 0.6) is 11.5 Å². The molecule has 1 aromatic carbocycles. The van der Waals surface area contributed by atoms with Gasteiger partial charge in [0, 0.05) is 33.2 Å². The van der Waals surface area contributed by atoms with Gasteiger partial charge in [-0.25, -0.2) is 0 Å². The number of guanidine groups is 1. The van der Waals surface area contributed by atoms with Crippen molar-refractivity contribution in [3.63, 3.8) is 0 Å². The zero-order chi connectivity index (χ0) is 20.6. The van der Waals surface area contributed by atoms with Crippen LogP contribution in [0.25, 0.3) is 0 Å². The van der Waals surface area contributed by atoms with E-state index in [0.717, 1.165) is 5.96 Å². The minimum absolute atomic E-state index is 0. The second-order valence-corrected chi connectivity index (χ2v) is 6.76. The normalized spacial score (nSPS) is 15.2. The van der Waals surface area contributed by atoms with Crippen molar-refractivity contribution >= 4 is 35.8 Å². The number of hydrogen-bond acceptors (Lipinski definition) is 5. The highest BCUT2D eigenvalue weighted by Gasteiger charge is 2.25. The van der Waals surface area contributed by atoms with Crippen LogP contribution in [-0.2, 0) is 0 Å². The molecule has 1 atom stereocenters. The van der Waals surface area contributed by atoms with Crippen LogP contribution in [0, 0.1) is 0 Å². The third kappa shape index (κ3) is 6.04. The van der Waals surface area contributed by atoms with Crippen molar-refractivity contribution in [3.8, 4) is 11.5 Å². The predicted molar refractivity (Wildman–Crippen MR) is 126 cm³/mol. The molecule has 1 unspecified atom stereocenters. The number of hydrogen-bond donors (Lipinski definition) is 1. The summed E-state index contributed by atoms with van der Waals surface area (Å²) in [4.78, 5) is 20.7. The summed E-state index contributed by atoms with van der Waals surface area (Å²) in [5, 5.41) is 3.36. The summed E-state index contributed by atoms with van der Waals surface area (Å²) < 4.78 is 16.5. The number of rotatable bonds is 6. The van der Waals surface area contributed by atoms with Crippen molar-refractivity contribution in [2.45, 2.75) is 13.0 Å². The minimum atomic E-state index is -0.0788. The Morgan fingerprint density at radius 3 is 2.40 bits per heavy atom. The van der Waals surface area contributed by atoms with Gasteiger partial charge in [-0.15, -0.1) is 24.0 Å². The van der Waals surface area contributed by atoms with E-state index in [9.17, 15) is 4.79 Å². The van der Waals surface area contributed by atoms with Crippen molar-refractivity contribution in [3.05, 3.63) is 48.4 Å². The summed E-state index contributed by atoms with van der Waals surface area (Å²) in [6.45, 7) is 5.23. The molecule has 2 aromatic rings. The number of aliphatic imine (C=N–C) groups is 1. The molecule has 0 aliphatic carbocycles. The lowest BCUT2D eigenvalue weighted by Crippen LogP contribution is -2.54. The number of para-hydroxylation sites is 2. The zero-order valence-corrected chi connectivity index (χ0v) is 19.9. The second kappa shape index (κ2) is 11.7. The maximum absolute atomic E-state index is 12.4. The number of piperazine rings is 1. The Hall–Kier alpha value is -2.43. The van der Waals surface area contributed by atoms with Gasteiger partial charge in [-0.3, -0.25) is 9.79 Å². The summed E-state index contributed by atoms with van der Waals surface area (Å²) in [5.41, 5.74) is 0. The number of benzene rings is 1. The zero-order valence-electron chi connectivity index (χ0n) is 17.5. The molecule has 0 bridgehead atoms. The number of carbonyl (C=O) groups is 1. The maximum Gasteiger partial charge on any atom is 0.289 e. The van der Waals surface area contributed by atoms with Crippen molar-refractivity contribution in [2.75, 3.05) is 46.9 Å². The van der Waals surface area contributed by atoms with Gasteiger partial charge in [0.2, 0.25) is 0 Å². The highest BCUT2D eigenvalue weighted by molar-refractivity contribution is 14.0. The molecule has 0 radical (unpaired) electrons. The van der Waals surface area contributed by atoms with Gasteiger partial charge in [-0.1, -0.05) is 12.1 Å². The van der Waals surface area contributed by atoms with E-state index in [2.05, 4.69) is 15.2 Å². The topological polar surface area (TPSA) is 79.5 Å². The molecule has 3 rings (SSSR count). The fourth-order valence-corrected chi connectivity index (χ4v) is 3.22. The Labute approximate surface area is 194 Å². The van der Waals surface area contributed by atoms with Gasteiger partial charge in [0.15, 0.2) is 23.2 Å². The average molecular weight is 528 g/mol. The molecule has 0 spiro atoms. The van der Waals surface area contributed by atoms with Crippen LogP contribution in [-0.4, -0.2) is 74.7 Å². The quantitative estimate of drug-likeness (QED) is 0.353. The first-order valence-corrected chi connectivity index (χ1v) is 9.70. The van der Waals surface area contributed by atoms with Crippen LogP contribution in [0.15, 0.2) is 52.1 Å². The van der Waals surface area contributed by atoms with Crippen LogP contribution >= 0.6 is 24.0 Å². The van der Waals surface area contributed by atoms with E-state index in [1.54, 1.807) is 31.2 Å². The Morgan fingerprint density at radius 1 is 1.13 bits per heavy atom. The largest absolute Gasteiger partial charge is 0.493 e. The molecule has 1 aliphatic rings. The number of nitrogens with zero attached hydrogens (tertiary/aromatic N) is 3. The molecule has 164 valence electrons. The Morgan fingerprint density at radius 2 is 1.80 bits per heavy atom. The highest BCUT2D eigenvalue weighted by Crippen LogP contribution is 2.26. The molecule has 1 aromatic heterocycles. The SMILES string of the molecule is CN=C(NCC(C)Oc1ccccc1OC)N1CCN(C(=O)c2ccco2)CC1.I. The van der Waals surface area contributed by atoms with Gasteiger partial charge in [0.25, 0.3) is 5.91 Å². The summed E-state index contributed by atoms with van der Waals surface area (Å²) in [7, 11) is 3.39. The average Bonchev–Trinajstić information content (AvgIpc) is 3.29. The number of nitrogens with one attached hydrogen (secondary N) is 1. The number of carbonyl (C=O) groups excluding carboxylic acids is 1. The van der Waals surface area contributed by atoms with Crippen molar-refractivity contribution in [1.29, 1.82) is 0 Å². The summed E-state index contributed by atoms with van der Waals surface area (Å²) in [6, 6.07) is 11.0. The van der Waals surface area contributed by atoms with E-state index in [-0.39, 0.29) is 36.0 Å². The third-order valence-corrected chi connectivity index (χ3v) is 4.76. The van der Waals surface area contributed by atoms with Crippen molar-refractivity contribution in [1.82, 2.24) is 15.1 Å². The van der Waals surface area contributed by atoms with Crippen molar-refractivity contribution < 1.29 is 18.7 Å². The first kappa shape index (κ1) is 23.8. The summed E-state index contributed by atoms with van der Waals surface area (Å²) in [6.07, 6.45) is 1.44. The standard InChI is InChI=1S/C21H28N4O4.HI/c1-16(29-18-8-5-4-7-17(18)27-3)15-23-21(22-2)25-12-10-24(11-13-25)20(26)19-9-6-14-28-19;/h4-9,14,16H,10-13,15H2,1-3H3,(H,22,23);1H. The number of furan rings is 1. The second-order valence-electron chi connectivity index (χ2n) is 6.76. The molecule has 1 fully saturated rings. The van der Waals surface area contributed by atoms with Crippen LogP contribution < -0.4 is 14.8 Å². The van der Waals surface area contributed by atoms with Crippen LogP contribution in [0.4, 0.5) is 0 Å². The van der Waals surface area contributed by atoms with Gasteiger partial charge >= 0.3 is 0 Å². The van der Waals surface area contributed by atoms with Crippen LogP contribution in [0.1, 0.15) is 17.5 Å². The number of ether oxygens (including phenoxy) is 2. The van der Waals surface area contributed by atoms with Gasteiger partial charge in [-0.05, 0) is 31.2 Å². The first-order chi connectivity index (χ1) is 14.1. The molecular formula is C21H29IN4O4. The lowest BCUT2D eigenvalue weighted by molar-refractivity contribution is 0.0657. The number of halogens is 1. The molecule has 8 nitrogen and oxygen atoms in total. The van der Waals surface area contributed by atoms with E-state index in [1.165, 1.54) is 6.26 Å². The molecule has 1 saturated heterocycles. The summed E-state index contributed by atoms with van der Waals surface area (Å²) in [5.74, 6) is 2.52. The molecule has 9 heteroatoms. The molecule has 1 amide bonds. The lowest BCUT2D eigenvalue weighted by atomic mass is 10.3. The maximum atomic E-state index is 12.4. The molecule has 30 heavy (non-hydrogen) atoms. The van der Waals surface area contributed by atoms with Crippen LogP contribution in [0.3, 0.4) is 0 Å². The smallest absolute Gasteiger partial charge is 0.289 e. The predicted octanol–water partition coefficient (Wildman–Crippen LogP) is 2.71.